The largest absolute Gasteiger partial charge is 0.481 e. The fraction of sp³-hybridized carbons (Fsp3) is 0.583. The first-order valence-electron chi connectivity index (χ1n) is 5.61. The van der Waals surface area contributed by atoms with Crippen LogP contribution in [0.1, 0.15) is 32.4 Å². The summed E-state index contributed by atoms with van der Waals surface area (Å²) in [6.07, 6.45) is 1.14. The summed E-state index contributed by atoms with van der Waals surface area (Å²) in [5.41, 5.74) is -0.126. The minimum atomic E-state index is -0.818. The minimum absolute atomic E-state index is 0.149. The van der Waals surface area contributed by atoms with Crippen LogP contribution in [0.4, 0.5) is 0 Å². The normalized spacial score (nSPS) is 11.5. The predicted molar refractivity (Wildman–Crippen MR) is 63.9 cm³/mol. The second-order valence-electron chi connectivity index (χ2n) is 4.83. The number of aromatic nitrogens is 2. The van der Waals surface area contributed by atoms with Gasteiger partial charge < -0.3 is 5.11 Å². The molecule has 1 N–H and O–H groups in total. The van der Waals surface area contributed by atoms with E-state index in [0.717, 1.165) is 5.69 Å². The summed E-state index contributed by atoms with van der Waals surface area (Å²) in [6, 6.07) is 3.14. The third-order valence-electron chi connectivity index (χ3n) is 2.75. The Labute approximate surface area is 100 Å². The Morgan fingerprint density at radius 3 is 2.71 bits per heavy atom. The van der Waals surface area contributed by atoms with E-state index in [4.69, 9.17) is 5.11 Å². The molecule has 1 aromatic rings. The average Bonchev–Trinajstić information content (AvgIpc) is 2.22. The zero-order valence-electron chi connectivity index (χ0n) is 10.4. The Balaban J connectivity index is 2.60. The number of hydrogen-bond donors (Lipinski definition) is 1. The average molecular weight is 238 g/mol. The van der Waals surface area contributed by atoms with Gasteiger partial charge in [-0.3, -0.25) is 9.59 Å². The minimum Gasteiger partial charge on any atom is -0.481 e. The van der Waals surface area contributed by atoms with Crippen LogP contribution in [0.3, 0.4) is 0 Å². The van der Waals surface area contributed by atoms with Crippen molar-refractivity contribution < 1.29 is 9.90 Å². The van der Waals surface area contributed by atoms with E-state index in [1.807, 2.05) is 6.92 Å². The topological polar surface area (TPSA) is 72.2 Å². The van der Waals surface area contributed by atoms with Crippen molar-refractivity contribution in [2.45, 2.75) is 40.2 Å². The van der Waals surface area contributed by atoms with Gasteiger partial charge in [0, 0.05) is 12.6 Å². The highest BCUT2D eigenvalue weighted by Gasteiger charge is 2.26. The second-order valence-corrected chi connectivity index (χ2v) is 4.83. The molecule has 0 aliphatic heterocycles. The van der Waals surface area contributed by atoms with Gasteiger partial charge in [0.05, 0.1) is 11.1 Å². The smallest absolute Gasteiger partial charge is 0.309 e. The molecule has 0 fully saturated rings. The number of carboxylic acid groups (broad SMARTS) is 1. The molecule has 0 aliphatic carbocycles. The van der Waals surface area contributed by atoms with Crippen molar-refractivity contribution in [3.05, 3.63) is 28.2 Å². The molecular weight excluding hydrogens is 220 g/mol. The third-order valence-corrected chi connectivity index (χ3v) is 2.75. The fourth-order valence-corrected chi connectivity index (χ4v) is 1.49. The molecule has 5 nitrogen and oxygen atoms in total. The molecule has 1 rings (SSSR count). The van der Waals surface area contributed by atoms with Crippen LogP contribution in [0.2, 0.25) is 0 Å². The number of hydrogen-bond acceptors (Lipinski definition) is 3. The number of carbonyl (C=O) groups is 1. The summed E-state index contributed by atoms with van der Waals surface area (Å²) >= 11 is 0. The van der Waals surface area contributed by atoms with Gasteiger partial charge in [0.1, 0.15) is 0 Å². The lowest BCUT2D eigenvalue weighted by Crippen LogP contribution is -2.26. The molecule has 0 unspecified atom stereocenters. The van der Waals surface area contributed by atoms with Gasteiger partial charge >= 0.3 is 5.97 Å². The number of nitrogens with zero attached hydrogens (tertiary/aromatic N) is 2. The molecular formula is C12H18N2O3. The van der Waals surface area contributed by atoms with E-state index < -0.39 is 11.4 Å². The Morgan fingerprint density at radius 2 is 2.12 bits per heavy atom. The van der Waals surface area contributed by atoms with Crippen LogP contribution in [-0.4, -0.2) is 20.9 Å². The maximum Gasteiger partial charge on any atom is 0.309 e. The zero-order chi connectivity index (χ0) is 13.1. The molecule has 0 spiro atoms. The molecule has 0 amide bonds. The highest BCUT2D eigenvalue weighted by Crippen LogP contribution is 2.22. The SMILES string of the molecule is Cc1ccc(=O)n(CCCC(C)(C)C(=O)O)n1. The van der Waals surface area contributed by atoms with Crippen LogP contribution >= 0.6 is 0 Å². The van der Waals surface area contributed by atoms with Crippen molar-refractivity contribution >= 4 is 5.97 Å². The van der Waals surface area contributed by atoms with Crippen molar-refractivity contribution in [3.8, 4) is 0 Å². The highest BCUT2D eigenvalue weighted by atomic mass is 16.4. The zero-order valence-corrected chi connectivity index (χ0v) is 10.4. The number of rotatable bonds is 5. The van der Waals surface area contributed by atoms with Crippen LogP contribution in [0.5, 0.6) is 0 Å². The summed E-state index contributed by atoms with van der Waals surface area (Å²) in [7, 11) is 0. The van der Waals surface area contributed by atoms with E-state index in [2.05, 4.69) is 5.10 Å². The first kappa shape index (κ1) is 13.4. The highest BCUT2D eigenvalue weighted by molar-refractivity contribution is 5.73. The first-order chi connectivity index (χ1) is 7.83. The van der Waals surface area contributed by atoms with E-state index >= 15 is 0 Å². The van der Waals surface area contributed by atoms with Gasteiger partial charge in [0.15, 0.2) is 0 Å². The molecule has 1 aromatic heterocycles. The summed E-state index contributed by atoms with van der Waals surface area (Å²) in [6.45, 7) is 5.64. The quantitative estimate of drug-likeness (QED) is 0.842. The van der Waals surface area contributed by atoms with Gasteiger partial charge in [0.2, 0.25) is 0 Å². The number of aryl methyl sites for hydroxylation is 2. The molecule has 0 bridgehead atoms. The van der Waals surface area contributed by atoms with Gasteiger partial charge in [-0.1, -0.05) is 0 Å². The van der Waals surface area contributed by atoms with Crippen LogP contribution in [0.25, 0.3) is 0 Å². The maximum absolute atomic E-state index is 11.4. The molecule has 17 heavy (non-hydrogen) atoms. The van der Waals surface area contributed by atoms with Crippen molar-refractivity contribution in [3.63, 3.8) is 0 Å². The predicted octanol–water partition coefficient (Wildman–Crippen LogP) is 1.44. The number of aliphatic carboxylic acids is 1. The van der Waals surface area contributed by atoms with Gasteiger partial charge in [-0.05, 0) is 39.7 Å². The lowest BCUT2D eigenvalue weighted by molar-refractivity contribution is -0.147. The van der Waals surface area contributed by atoms with Gasteiger partial charge in [-0.2, -0.15) is 5.10 Å². The summed E-state index contributed by atoms with van der Waals surface area (Å²) in [5, 5.41) is 13.0. The Bertz CT molecular complexity index is 463. The monoisotopic (exact) mass is 238 g/mol. The Morgan fingerprint density at radius 1 is 1.47 bits per heavy atom. The molecule has 1 heterocycles. The van der Waals surface area contributed by atoms with E-state index in [9.17, 15) is 9.59 Å². The molecule has 5 heteroatoms. The molecule has 0 aromatic carbocycles. The van der Waals surface area contributed by atoms with E-state index in [0.29, 0.717) is 19.4 Å². The van der Waals surface area contributed by atoms with E-state index in [-0.39, 0.29) is 5.56 Å². The van der Waals surface area contributed by atoms with Crippen molar-refractivity contribution in [1.29, 1.82) is 0 Å². The molecule has 0 atom stereocenters. The first-order valence-corrected chi connectivity index (χ1v) is 5.61. The van der Waals surface area contributed by atoms with Crippen molar-refractivity contribution in [1.82, 2.24) is 9.78 Å². The van der Waals surface area contributed by atoms with Crippen LogP contribution < -0.4 is 5.56 Å². The van der Waals surface area contributed by atoms with Gasteiger partial charge in [-0.25, -0.2) is 4.68 Å². The summed E-state index contributed by atoms with van der Waals surface area (Å²) in [5.74, 6) is -0.818. The van der Waals surface area contributed by atoms with Crippen molar-refractivity contribution in [2.75, 3.05) is 0 Å². The van der Waals surface area contributed by atoms with Crippen LogP contribution in [0, 0.1) is 12.3 Å². The summed E-state index contributed by atoms with van der Waals surface area (Å²) < 4.78 is 1.38. The molecule has 0 saturated carbocycles. The van der Waals surface area contributed by atoms with E-state index in [1.165, 1.54) is 10.7 Å². The fourth-order valence-electron chi connectivity index (χ4n) is 1.49. The van der Waals surface area contributed by atoms with E-state index in [1.54, 1.807) is 19.9 Å². The lowest BCUT2D eigenvalue weighted by Gasteiger charge is -2.18. The Hall–Kier alpha value is -1.65. The third kappa shape index (κ3) is 3.69. The van der Waals surface area contributed by atoms with Crippen LogP contribution in [-0.2, 0) is 11.3 Å². The number of carboxylic acids is 1. The van der Waals surface area contributed by atoms with Gasteiger partial charge in [0.25, 0.3) is 5.56 Å². The standard InChI is InChI=1S/C12H18N2O3/c1-9-5-6-10(15)14(13-9)8-4-7-12(2,3)11(16)17/h5-6H,4,7-8H2,1-3H3,(H,16,17). The Kier molecular flexibility index (Phi) is 4.04. The summed E-state index contributed by atoms with van der Waals surface area (Å²) in [4.78, 5) is 22.3. The molecule has 0 saturated heterocycles. The molecule has 94 valence electrons. The maximum atomic E-state index is 11.4. The van der Waals surface area contributed by atoms with Crippen molar-refractivity contribution in [2.24, 2.45) is 5.41 Å². The van der Waals surface area contributed by atoms with Gasteiger partial charge in [-0.15, -0.1) is 0 Å². The van der Waals surface area contributed by atoms with Crippen LogP contribution in [0.15, 0.2) is 16.9 Å². The molecule has 0 radical (unpaired) electrons. The second kappa shape index (κ2) is 5.12. The lowest BCUT2D eigenvalue weighted by atomic mass is 9.88. The molecule has 0 aliphatic rings.